The number of fused-ring (bicyclic) bond motifs is 1. The van der Waals surface area contributed by atoms with E-state index in [9.17, 15) is 12.8 Å². The van der Waals surface area contributed by atoms with E-state index in [0.29, 0.717) is 23.1 Å². The fourth-order valence-corrected chi connectivity index (χ4v) is 6.19. The predicted molar refractivity (Wildman–Crippen MR) is 130 cm³/mol. The van der Waals surface area contributed by atoms with E-state index in [-0.39, 0.29) is 17.9 Å². The molecule has 34 heavy (non-hydrogen) atoms. The second kappa shape index (κ2) is 9.58. The van der Waals surface area contributed by atoms with Crippen LogP contribution < -0.4 is 10.0 Å². The minimum atomic E-state index is -3.17. The summed E-state index contributed by atoms with van der Waals surface area (Å²) in [5, 5.41) is 3.18. The fourth-order valence-electron chi connectivity index (χ4n) is 5.35. The minimum absolute atomic E-state index is 0.0189. The maximum atomic E-state index is 14.3. The first-order valence-electron chi connectivity index (χ1n) is 12.1. The summed E-state index contributed by atoms with van der Waals surface area (Å²) in [7, 11) is -3.17. The number of hydrogen-bond donors (Lipinski definition) is 2. The summed E-state index contributed by atoms with van der Waals surface area (Å²) in [6, 6.07) is 6.91. The van der Waals surface area contributed by atoms with Crippen molar-refractivity contribution in [3.63, 3.8) is 0 Å². The summed E-state index contributed by atoms with van der Waals surface area (Å²) in [5.41, 5.74) is 1.89. The van der Waals surface area contributed by atoms with Crippen LogP contribution in [0.15, 0.2) is 30.5 Å². The van der Waals surface area contributed by atoms with Crippen LogP contribution in [0.4, 0.5) is 16.0 Å². The van der Waals surface area contributed by atoms with Crippen LogP contribution in [0.5, 0.6) is 0 Å². The van der Waals surface area contributed by atoms with Gasteiger partial charge in [0.1, 0.15) is 17.2 Å². The highest BCUT2D eigenvalue weighted by Crippen LogP contribution is 2.36. The molecule has 0 radical (unpaired) electrons. The standard InChI is InChI=1S/C24H31FN6O2S/c1-34(32,33)30-17-12-10-16(11-13-17)14-22-26-15-21-23(29-22)31(18-6-2-3-7-18)24(28-21)27-20-9-5-4-8-19(20)25/h4-5,8-9,15-18,30H,2-3,6-7,10-14H2,1H3,(H,27,28). The van der Waals surface area contributed by atoms with Gasteiger partial charge in [-0.2, -0.15) is 0 Å². The second-order valence-corrected chi connectivity index (χ2v) is 11.4. The molecule has 1 aromatic carbocycles. The molecule has 0 bridgehead atoms. The second-order valence-electron chi connectivity index (χ2n) is 9.66. The van der Waals surface area contributed by atoms with Crippen LogP contribution in [0.25, 0.3) is 11.2 Å². The van der Waals surface area contributed by atoms with Gasteiger partial charge in [0.2, 0.25) is 16.0 Å². The van der Waals surface area contributed by atoms with Gasteiger partial charge in [0.05, 0.1) is 18.1 Å². The minimum Gasteiger partial charge on any atom is -0.323 e. The van der Waals surface area contributed by atoms with Gasteiger partial charge < -0.3 is 5.32 Å². The van der Waals surface area contributed by atoms with Crippen molar-refractivity contribution in [2.24, 2.45) is 5.92 Å². The Labute approximate surface area is 199 Å². The highest BCUT2D eigenvalue weighted by Gasteiger charge is 2.27. The van der Waals surface area contributed by atoms with E-state index in [1.807, 2.05) is 0 Å². The maximum Gasteiger partial charge on any atom is 0.210 e. The number of nitrogens with one attached hydrogen (secondary N) is 2. The van der Waals surface area contributed by atoms with E-state index in [2.05, 4.69) is 19.6 Å². The maximum absolute atomic E-state index is 14.3. The average molecular weight is 487 g/mol. The van der Waals surface area contributed by atoms with Gasteiger partial charge in [-0.3, -0.25) is 4.57 Å². The lowest BCUT2D eigenvalue weighted by molar-refractivity contribution is 0.308. The van der Waals surface area contributed by atoms with E-state index in [0.717, 1.165) is 69.3 Å². The molecule has 8 nitrogen and oxygen atoms in total. The Morgan fingerprint density at radius 3 is 2.50 bits per heavy atom. The lowest BCUT2D eigenvalue weighted by atomic mass is 9.84. The van der Waals surface area contributed by atoms with Crippen molar-refractivity contribution in [3.05, 3.63) is 42.1 Å². The summed E-state index contributed by atoms with van der Waals surface area (Å²) < 4.78 is 42.2. The molecule has 0 saturated heterocycles. The van der Waals surface area contributed by atoms with E-state index in [1.54, 1.807) is 24.4 Å². The molecular formula is C24H31FN6O2S. The zero-order valence-corrected chi connectivity index (χ0v) is 20.2. The van der Waals surface area contributed by atoms with E-state index in [1.165, 1.54) is 12.3 Å². The number of benzene rings is 1. The van der Waals surface area contributed by atoms with Crippen molar-refractivity contribution in [3.8, 4) is 0 Å². The summed E-state index contributed by atoms with van der Waals surface area (Å²) in [6.07, 6.45) is 11.7. The Hall–Kier alpha value is -2.59. The Morgan fingerprint density at radius 2 is 1.79 bits per heavy atom. The van der Waals surface area contributed by atoms with Crippen molar-refractivity contribution < 1.29 is 12.8 Å². The quantitative estimate of drug-likeness (QED) is 0.511. The number of nitrogens with zero attached hydrogens (tertiary/aromatic N) is 4. The summed E-state index contributed by atoms with van der Waals surface area (Å²) >= 11 is 0. The molecule has 10 heteroatoms. The summed E-state index contributed by atoms with van der Waals surface area (Å²) in [6.45, 7) is 0. The molecule has 0 aliphatic heterocycles. The molecule has 0 unspecified atom stereocenters. The number of halogens is 1. The van der Waals surface area contributed by atoms with Gasteiger partial charge in [-0.1, -0.05) is 25.0 Å². The molecule has 3 aromatic rings. The normalized spacial score (nSPS) is 21.8. The van der Waals surface area contributed by atoms with E-state index in [4.69, 9.17) is 9.97 Å². The van der Waals surface area contributed by atoms with Crippen LogP contribution in [0, 0.1) is 11.7 Å². The molecule has 2 fully saturated rings. The van der Waals surface area contributed by atoms with E-state index >= 15 is 0 Å². The first-order valence-corrected chi connectivity index (χ1v) is 14.0. The Morgan fingerprint density at radius 1 is 1.06 bits per heavy atom. The number of aromatic nitrogens is 4. The molecule has 2 saturated carbocycles. The number of imidazole rings is 1. The molecule has 2 aliphatic rings. The van der Waals surface area contributed by atoms with Gasteiger partial charge in [-0.25, -0.2) is 32.5 Å². The number of sulfonamides is 1. The Kier molecular flexibility index (Phi) is 6.52. The summed E-state index contributed by atoms with van der Waals surface area (Å²) in [4.78, 5) is 14.2. The van der Waals surface area contributed by atoms with Gasteiger partial charge in [0, 0.05) is 18.5 Å². The molecule has 2 aliphatic carbocycles. The van der Waals surface area contributed by atoms with E-state index < -0.39 is 10.0 Å². The first kappa shape index (κ1) is 23.2. The number of rotatable bonds is 7. The van der Waals surface area contributed by atoms with Gasteiger partial charge in [0.25, 0.3) is 0 Å². The number of hydrogen-bond acceptors (Lipinski definition) is 6. The number of anilines is 2. The molecule has 182 valence electrons. The van der Waals surface area contributed by atoms with Gasteiger partial charge in [0.15, 0.2) is 5.65 Å². The third-order valence-electron chi connectivity index (χ3n) is 6.99. The van der Waals surface area contributed by atoms with Crippen LogP contribution in [0.1, 0.15) is 63.2 Å². The van der Waals surface area contributed by atoms with Gasteiger partial charge in [-0.15, -0.1) is 0 Å². The molecule has 0 atom stereocenters. The third-order valence-corrected chi connectivity index (χ3v) is 7.75. The summed E-state index contributed by atoms with van der Waals surface area (Å²) in [5.74, 6) is 1.49. The first-order chi connectivity index (χ1) is 16.4. The monoisotopic (exact) mass is 486 g/mol. The molecule has 0 amide bonds. The van der Waals surface area contributed by atoms with Crippen molar-refractivity contribution in [1.82, 2.24) is 24.2 Å². The lowest BCUT2D eigenvalue weighted by Gasteiger charge is -2.28. The third kappa shape index (κ3) is 5.22. The zero-order chi connectivity index (χ0) is 23.7. The van der Waals surface area contributed by atoms with Crippen molar-refractivity contribution in [2.75, 3.05) is 11.6 Å². The fraction of sp³-hybridized carbons (Fsp3) is 0.542. The van der Waals surface area contributed by atoms with Crippen molar-refractivity contribution >= 4 is 32.8 Å². The molecule has 5 rings (SSSR count). The SMILES string of the molecule is CS(=O)(=O)NC1CCC(Cc2ncc3nc(Nc4ccccc4F)n(C4CCCC4)c3n2)CC1. The van der Waals surface area contributed by atoms with Crippen LogP contribution in [-0.2, 0) is 16.4 Å². The van der Waals surface area contributed by atoms with Crippen molar-refractivity contribution in [2.45, 2.75) is 69.9 Å². The molecular weight excluding hydrogens is 455 g/mol. The predicted octanol–water partition coefficient (Wildman–Crippen LogP) is 4.47. The number of para-hydroxylation sites is 1. The van der Waals surface area contributed by atoms with Gasteiger partial charge in [-0.05, 0) is 56.6 Å². The van der Waals surface area contributed by atoms with Crippen LogP contribution >= 0.6 is 0 Å². The van der Waals surface area contributed by atoms with Crippen LogP contribution in [0.2, 0.25) is 0 Å². The van der Waals surface area contributed by atoms with Crippen molar-refractivity contribution in [1.29, 1.82) is 0 Å². The molecule has 0 spiro atoms. The Balaban J connectivity index is 1.38. The largest absolute Gasteiger partial charge is 0.323 e. The van der Waals surface area contributed by atoms with Crippen LogP contribution in [-0.4, -0.2) is 40.2 Å². The molecule has 2 heterocycles. The molecule has 2 aromatic heterocycles. The topological polar surface area (TPSA) is 102 Å². The highest BCUT2D eigenvalue weighted by atomic mass is 32.2. The van der Waals surface area contributed by atoms with Crippen LogP contribution in [0.3, 0.4) is 0 Å². The smallest absolute Gasteiger partial charge is 0.210 e. The zero-order valence-electron chi connectivity index (χ0n) is 19.4. The average Bonchev–Trinajstić information content (AvgIpc) is 3.43. The Bertz CT molecular complexity index is 1260. The lowest BCUT2D eigenvalue weighted by Crippen LogP contribution is -2.37. The van der Waals surface area contributed by atoms with Gasteiger partial charge >= 0.3 is 0 Å². The molecule has 2 N–H and O–H groups in total. The highest BCUT2D eigenvalue weighted by molar-refractivity contribution is 7.88.